The zero-order chi connectivity index (χ0) is 16.5. The van der Waals surface area contributed by atoms with E-state index in [1.165, 1.54) is 18.4 Å². The zero-order valence-corrected chi connectivity index (χ0v) is 14.9. The number of nitrogens with zero attached hydrogens (tertiary/aromatic N) is 4. The van der Waals surface area contributed by atoms with Crippen LogP contribution in [0.2, 0.25) is 0 Å². The number of likely N-dealkylation sites (N-methyl/N-ethyl adjacent to an activating group) is 1. The second-order valence-electron chi connectivity index (χ2n) is 5.88. The summed E-state index contributed by atoms with van der Waals surface area (Å²) in [6, 6.07) is 8.29. The molecule has 0 bridgehead atoms. The minimum atomic E-state index is 0.815. The smallest absolute Gasteiger partial charge is 0.181 e. The lowest BCUT2D eigenvalue weighted by Gasteiger charge is -2.09. The van der Waals surface area contributed by atoms with Crippen LogP contribution in [0.1, 0.15) is 38.1 Å². The van der Waals surface area contributed by atoms with Crippen molar-refractivity contribution in [2.24, 2.45) is 0 Å². The van der Waals surface area contributed by atoms with E-state index in [0.29, 0.717) is 0 Å². The van der Waals surface area contributed by atoms with E-state index in [0.717, 1.165) is 30.3 Å². The molecular formula is C18H30N4. The van der Waals surface area contributed by atoms with Crippen LogP contribution in [0.25, 0.3) is 11.4 Å². The summed E-state index contributed by atoms with van der Waals surface area (Å²) in [5.74, 6) is 1.78. The van der Waals surface area contributed by atoms with E-state index < -0.39 is 0 Å². The number of benzene rings is 1. The molecule has 0 aliphatic carbocycles. The highest BCUT2D eigenvalue weighted by Gasteiger charge is 2.08. The van der Waals surface area contributed by atoms with Gasteiger partial charge in [-0.1, -0.05) is 50.5 Å². The maximum Gasteiger partial charge on any atom is 0.181 e. The molecule has 1 heterocycles. The van der Waals surface area contributed by atoms with E-state index in [2.05, 4.69) is 68.0 Å². The lowest BCUT2D eigenvalue weighted by atomic mass is 10.1. The minimum absolute atomic E-state index is 0.815. The van der Waals surface area contributed by atoms with E-state index in [-0.39, 0.29) is 0 Å². The highest BCUT2D eigenvalue weighted by molar-refractivity contribution is 5.55. The second kappa shape index (κ2) is 9.36. The molecule has 0 unspecified atom stereocenters. The number of hydrogen-bond acceptors (Lipinski definition) is 3. The molecule has 0 saturated heterocycles. The summed E-state index contributed by atoms with van der Waals surface area (Å²) < 4.78 is 1.97. The Kier molecular flexibility index (Phi) is 7.82. The molecule has 0 saturated carbocycles. The van der Waals surface area contributed by atoms with Gasteiger partial charge in [-0.25, -0.2) is 9.67 Å². The van der Waals surface area contributed by atoms with Crippen molar-refractivity contribution in [3.63, 3.8) is 0 Å². The van der Waals surface area contributed by atoms with Crippen molar-refractivity contribution >= 4 is 0 Å². The summed E-state index contributed by atoms with van der Waals surface area (Å²) >= 11 is 0. The summed E-state index contributed by atoms with van der Waals surface area (Å²) in [5.41, 5.74) is 2.32. The molecule has 4 heteroatoms. The molecule has 0 amide bonds. The first-order chi connectivity index (χ1) is 10.5. The van der Waals surface area contributed by atoms with Crippen LogP contribution in [-0.2, 0) is 6.54 Å². The molecular weight excluding hydrogens is 272 g/mol. The van der Waals surface area contributed by atoms with E-state index in [1.54, 1.807) is 0 Å². The average Bonchev–Trinajstić information content (AvgIpc) is 2.86. The third-order valence-electron chi connectivity index (χ3n) is 3.39. The van der Waals surface area contributed by atoms with Gasteiger partial charge < -0.3 is 4.90 Å². The Morgan fingerprint density at radius 2 is 1.77 bits per heavy atom. The molecule has 1 aromatic carbocycles. The Labute approximate surface area is 135 Å². The van der Waals surface area contributed by atoms with Gasteiger partial charge in [0.1, 0.15) is 5.82 Å². The Morgan fingerprint density at radius 1 is 1.09 bits per heavy atom. The van der Waals surface area contributed by atoms with Crippen LogP contribution >= 0.6 is 0 Å². The summed E-state index contributed by atoms with van der Waals surface area (Å²) in [6.45, 7) is 10.3. The van der Waals surface area contributed by atoms with Crippen LogP contribution in [0.3, 0.4) is 0 Å². The van der Waals surface area contributed by atoms with Gasteiger partial charge in [0.25, 0.3) is 0 Å². The van der Waals surface area contributed by atoms with Crippen LogP contribution in [0, 0.1) is 13.8 Å². The highest BCUT2D eigenvalue weighted by atomic mass is 15.4. The maximum absolute atomic E-state index is 4.57. The third kappa shape index (κ3) is 5.98. The summed E-state index contributed by atoms with van der Waals surface area (Å²) in [5, 5.41) is 4.57. The van der Waals surface area contributed by atoms with Crippen molar-refractivity contribution in [3.05, 3.63) is 35.7 Å². The van der Waals surface area contributed by atoms with E-state index in [9.17, 15) is 0 Å². The fraction of sp³-hybridized carbons (Fsp3) is 0.556. The average molecular weight is 302 g/mol. The summed E-state index contributed by atoms with van der Waals surface area (Å²) in [4.78, 5) is 6.68. The Bertz CT molecular complexity index is 556. The van der Waals surface area contributed by atoms with Crippen molar-refractivity contribution in [2.45, 2.75) is 47.1 Å². The summed E-state index contributed by atoms with van der Waals surface area (Å²) in [6.07, 6.45) is 2.64. The number of hydrogen-bond donors (Lipinski definition) is 0. The molecule has 0 aliphatic heterocycles. The van der Waals surface area contributed by atoms with E-state index in [1.807, 2.05) is 17.7 Å². The molecule has 1 aromatic heterocycles. The predicted octanol–water partition coefficient (Wildman–Crippen LogP) is 3.93. The van der Waals surface area contributed by atoms with Gasteiger partial charge in [0, 0.05) is 12.1 Å². The molecule has 0 N–H and O–H groups in total. The lowest BCUT2D eigenvalue weighted by Crippen LogP contribution is -2.19. The Balaban J connectivity index is 0.000000541. The van der Waals surface area contributed by atoms with Gasteiger partial charge in [-0.3, -0.25) is 0 Å². The van der Waals surface area contributed by atoms with E-state index >= 15 is 0 Å². The van der Waals surface area contributed by atoms with Gasteiger partial charge in [0.15, 0.2) is 5.82 Å². The predicted molar refractivity (Wildman–Crippen MR) is 94.1 cm³/mol. The van der Waals surface area contributed by atoms with Gasteiger partial charge in [-0.2, -0.15) is 5.10 Å². The minimum Gasteiger partial charge on any atom is -0.308 e. The number of rotatable bonds is 5. The molecule has 22 heavy (non-hydrogen) atoms. The standard InChI is InChI=1S/C14H20N4.C4H10/c1-11-6-5-7-13(10-11)14-15-12(2)18(16-14)9-8-17(3)4;1-3-4-2/h5-7,10H,8-9H2,1-4H3;3-4H2,1-2H3. The second-order valence-corrected chi connectivity index (χ2v) is 5.88. The SMILES string of the molecule is CCCC.Cc1cccc(-c2nc(C)n(CCN(C)C)n2)c1. The zero-order valence-electron chi connectivity index (χ0n) is 14.9. The normalized spacial score (nSPS) is 10.5. The van der Waals surface area contributed by atoms with Crippen LogP contribution in [0.5, 0.6) is 0 Å². The van der Waals surface area contributed by atoms with Gasteiger partial charge in [0.2, 0.25) is 0 Å². The quantitative estimate of drug-likeness (QED) is 0.839. The van der Waals surface area contributed by atoms with Crippen molar-refractivity contribution < 1.29 is 0 Å². The first-order valence-corrected chi connectivity index (χ1v) is 8.11. The first kappa shape index (κ1) is 18.4. The highest BCUT2D eigenvalue weighted by Crippen LogP contribution is 2.16. The van der Waals surface area contributed by atoms with Crippen LogP contribution in [-0.4, -0.2) is 40.3 Å². The number of aromatic nitrogens is 3. The first-order valence-electron chi connectivity index (χ1n) is 8.11. The van der Waals surface area contributed by atoms with E-state index in [4.69, 9.17) is 0 Å². The lowest BCUT2D eigenvalue weighted by molar-refractivity contribution is 0.370. The van der Waals surface area contributed by atoms with Crippen LogP contribution in [0.4, 0.5) is 0 Å². The van der Waals surface area contributed by atoms with Gasteiger partial charge >= 0.3 is 0 Å². The molecule has 4 nitrogen and oxygen atoms in total. The molecule has 2 aromatic rings. The molecule has 2 rings (SSSR count). The monoisotopic (exact) mass is 302 g/mol. The van der Waals surface area contributed by atoms with Crippen LogP contribution in [0.15, 0.2) is 24.3 Å². The summed E-state index contributed by atoms with van der Waals surface area (Å²) in [7, 11) is 4.13. The maximum atomic E-state index is 4.57. The van der Waals surface area contributed by atoms with Crippen LogP contribution < -0.4 is 0 Å². The topological polar surface area (TPSA) is 34.0 Å². The fourth-order valence-electron chi connectivity index (χ4n) is 1.83. The molecule has 0 radical (unpaired) electrons. The fourth-order valence-corrected chi connectivity index (χ4v) is 1.83. The molecule has 0 spiro atoms. The largest absolute Gasteiger partial charge is 0.308 e. The van der Waals surface area contributed by atoms with Gasteiger partial charge in [-0.05, 0) is 34.0 Å². The molecule has 0 atom stereocenters. The van der Waals surface area contributed by atoms with Crippen molar-refractivity contribution in [1.29, 1.82) is 0 Å². The van der Waals surface area contributed by atoms with Crippen molar-refractivity contribution in [3.8, 4) is 11.4 Å². The Morgan fingerprint density at radius 3 is 2.32 bits per heavy atom. The molecule has 0 fully saturated rings. The van der Waals surface area contributed by atoms with Crippen molar-refractivity contribution in [2.75, 3.05) is 20.6 Å². The van der Waals surface area contributed by atoms with Gasteiger partial charge in [0.05, 0.1) is 6.54 Å². The Hall–Kier alpha value is -1.68. The van der Waals surface area contributed by atoms with Crippen molar-refractivity contribution in [1.82, 2.24) is 19.7 Å². The molecule has 0 aliphatic rings. The third-order valence-corrected chi connectivity index (χ3v) is 3.39. The number of aryl methyl sites for hydroxylation is 2. The van der Waals surface area contributed by atoms with Gasteiger partial charge in [-0.15, -0.1) is 0 Å². The molecule has 122 valence electrons. The number of unbranched alkanes of at least 4 members (excludes halogenated alkanes) is 1.